The van der Waals surface area contributed by atoms with Crippen LogP contribution in [0.5, 0.6) is 0 Å². The third-order valence-electron chi connectivity index (χ3n) is 5.25. The second-order valence-electron chi connectivity index (χ2n) is 7.29. The molecule has 0 amide bonds. The van der Waals surface area contributed by atoms with Crippen molar-refractivity contribution < 1.29 is 12.8 Å². The number of sulfone groups is 1. The molecule has 148 valence electrons. The number of fused-ring (bicyclic) bond motifs is 1. The van der Waals surface area contributed by atoms with Gasteiger partial charge in [0.2, 0.25) is 0 Å². The molecule has 28 heavy (non-hydrogen) atoms. The Morgan fingerprint density at radius 2 is 1.96 bits per heavy atom. The highest BCUT2D eigenvalue weighted by atomic mass is 35.5. The van der Waals surface area contributed by atoms with Crippen LogP contribution in [0, 0.1) is 19.7 Å². The second kappa shape index (κ2) is 7.35. The fourth-order valence-corrected chi connectivity index (χ4v) is 6.88. The summed E-state index contributed by atoms with van der Waals surface area (Å²) in [6.45, 7) is 4.09. The maximum absolute atomic E-state index is 13.3. The number of hydrogen-bond donors (Lipinski definition) is 0. The van der Waals surface area contributed by atoms with E-state index in [2.05, 4.69) is 6.07 Å². The Morgan fingerprint density at radius 1 is 1.18 bits per heavy atom. The number of thioether (sulfide) groups is 1. The van der Waals surface area contributed by atoms with E-state index < -0.39 is 9.84 Å². The van der Waals surface area contributed by atoms with Crippen molar-refractivity contribution in [2.45, 2.75) is 31.7 Å². The molecular weight excluding hydrogens is 419 g/mol. The van der Waals surface area contributed by atoms with E-state index in [0.29, 0.717) is 10.8 Å². The minimum Gasteiger partial charge on any atom is -0.315 e. The Morgan fingerprint density at radius 3 is 2.68 bits per heavy atom. The number of anilines is 1. The van der Waals surface area contributed by atoms with Crippen LogP contribution in [0.2, 0.25) is 5.02 Å². The molecular formula is C20H20ClFN2O2S2. The third kappa shape index (κ3) is 3.80. The standard InChI is InChI=1S/C20H20ClFN2O2S2/c1-12-3-6-16(7-13(12)2)24-19-11-28(25,26)10-18(19)23-20(24)27-9-14-4-5-15(22)8-17(14)21/h3-8,18-19H,9-11H2,1-2H3/t18-,19+/m0/s1. The van der Waals surface area contributed by atoms with E-state index >= 15 is 0 Å². The number of nitrogens with zero attached hydrogens (tertiary/aromatic N) is 2. The van der Waals surface area contributed by atoms with Crippen LogP contribution in [0.4, 0.5) is 10.1 Å². The molecule has 1 fully saturated rings. The average Bonchev–Trinajstić information content (AvgIpc) is 3.08. The van der Waals surface area contributed by atoms with Gasteiger partial charge in [-0.25, -0.2) is 12.8 Å². The van der Waals surface area contributed by atoms with Crippen LogP contribution in [0.1, 0.15) is 16.7 Å². The van der Waals surface area contributed by atoms with Gasteiger partial charge in [-0.1, -0.05) is 35.5 Å². The number of rotatable bonds is 3. The van der Waals surface area contributed by atoms with Crippen LogP contribution in [0.15, 0.2) is 41.4 Å². The predicted octanol–water partition coefficient (Wildman–Crippen LogP) is 4.37. The van der Waals surface area contributed by atoms with Gasteiger partial charge in [0.1, 0.15) is 5.82 Å². The van der Waals surface area contributed by atoms with Crippen LogP contribution in [0.3, 0.4) is 0 Å². The smallest absolute Gasteiger partial charge is 0.164 e. The molecule has 4 nitrogen and oxygen atoms in total. The van der Waals surface area contributed by atoms with Crippen LogP contribution in [-0.4, -0.2) is 37.2 Å². The SMILES string of the molecule is Cc1ccc(N2C(SCc3ccc(F)cc3Cl)=N[C@H]3CS(=O)(=O)C[C@H]32)cc1C. The fourth-order valence-electron chi connectivity index (χ4n) is 3.59. The van der Waals surface area contributed by atoms with Gasteiger partial charge in [0, 0.05) is 16.5 Å². The van der Waals surface area contributed by atoms with Gasteiger partial charge in [0.25, 0.3) is 0 Å². The molecule has 2 aromatic rings. The summed E-state index contributed by atoms with van der Waals surface area (Å²) in [6.07, 6.45) is 0. The van der Waals surface area contributed by atoms with Crippen molar-refractivity contribution in [3.05, 3.63) is 63.9 Å². The Labute approximate surface area is 173 Å². The average molecular weight is 439 g/mol. The van der Waals surface area contributed by atoms with Gasteiger partial charge in [-0.2, -0.15) is 0 Å². The Hall–Kier alpha value is -1.57. The van der Waals surface area contributed by atoms with Gasteiger partial charge in [-0.15, -0.1) is 0 Å². The molecule has 0 aliphatic carbocycles. The second-order valence-corrected chi connectivity index (χ2v) is 10.8. The van der Waals surface area contributed by atoms with Crippen molar-refractivity contribution in [2.75, 3.05) is 16.4 Å². The Balaban J connectivity index is 1.64. The number of aliphatic imine (C=N–C) groups is 1. The summed E-state index contributed by atoms with van der Waals surface area (Å²) >= 11 is 7.65. The molecule has 2 aromatic carbocycles. The first-order valence-corrected chi connectivity index (χ1v) is 12.1. The summed E-state index contributed by atoms with van der Waals surface area (Å²) in [5, 5.41) is 1.17. The molecule has 2 heterocycles. The van der Waals surface area contributed by atoms with Crippen molar-refractivity contribution in [1.82, 2.24) is 0 Å². The van der Waals surface area contributed by atoms with Crippen molar-refractivity contribution in [3.63, 3.8) is 0 Å². The van der Waals surface area contributed by atoms with Crippen molar-refractivity contribution in [1.29, 1.82) is 0 Å². The van der Waals surface area contributed by atoms with Crippen LogP contribution in [0.25, 0.3) is 0 Å². The van der Waals surface area contributed by atoms with Gasteiger partial charge in [0.15, 0.2) is 15.0 Å². The largest absolute Gasteiger partial charge is 0.315 e. The lowest BCUT2D eigenvalue weighted by molar-refractivity contribution is 0.601. The number of halogens is 2. The summed E-state index contributed by atoms with van der Waals surface area (Å²) in [6, 6.07) is 10.1. The lowest BCUT2D eigenvalue weighted by atomic mass is 10.1. The van der Waals surface area contributed by atoms with E-state index in [1.54, 1.807) is 6.07 Å². The first-order chi connectivity index (χ1) is 13.2. The summed E-state index contributed by atoms with van der Waals surface area (Å²) in [5.41, 5.74) is 4.10. The summed E-state index contributed by atoms with van der Waals surface area (Å²) < 4.78 is 37.6. The third-order valence-corrected chi connectivity index (χ3v) is 8.31. The Bertz CT molecular complexity index is 1070. The summed E-state index contributed by atoms with van der Waals surface area (Å²) in [7, 11) is -3.09. The van der Waals surface area contributed by atoms with E-state index in [-0.39, 0.29) is 29.4 Å². The molecule has 0 bridgehead atoms. The molecule has 0 aromatic heterocycles. The zero-order chi connectivity index (χ0) is 20.1. The summed E-state index contributed by atoms with van der Waals surface area (Å²) in [4.78, 5) is 6.77. The molecule has 2 aliphatic heterocycles. The van der Waals surface area contributed by atoms with E-state index in [1.165, 1.54) is 29.5 Å². The number of amidine groups is 1. The molecule has 0 radical (unpaired) electrons. The molecule has 0 saturated carbocycles. The topological polar surface area (TPSA) is 49.7 Å². The lowest BCUT2D eigenvalue weighted by Gasteiger charge is -2.27. The van der Waals surface area contributed by atoms with E-state index in [1.807, 2.05) is 30.9 Å². The molecule has 0 unspecified atom stereocenters. The monoisotopic (exact) mass is 438 g/mol. The number of benzene rings is 2. The van der Waals surface area contributed by atoms with Crippen LogP contribution >= 0.6 is 23.4 Å². The maximum Gasteiger partial charge on any atom is 0.164 e. The minimum absolute atomic E-state index is 0.0837. The highest BCUT2D eigenvalue weighted by molar-refractivity contribution is 8.13. The van der Waals surface area contributed by atoms with Gasteiger partial charge in [0.05, 0.1) is 23.6 Å². The van der Waals surface area contributed by atoms with Crippen molar-refractivity contribution >= 4 is 44.1 Å². The van der Waals surface area contributed by atoms with Crippen molar-refractivity contribution in [2.24, 2.45) is 4.99 Å². The van der Waals surface area contributed by atoms with E-state index in [4.69, 9.17) is 16.6 Å². The predicted molar refractivity (Wildman–Crippen MR) is 115 cm³/mol. The van der Waals surface area contributed by atoms with E-state index in [0.717, 1.165) is 22.0 Å². The fraction of sp³-hybridized carbons (Fsp3) is 0.350. The van der Waals surface area contributed by atoms with Crippen LogP contribution < -0.4 is 4.90 Å². The molecule has 1 saturated heterocycles. The van der Waals surface area contributed by atoms with Gasteiger partial charge in [-0.3, -0.25) is 4.99 Å². The zero-order valence-electron chi connectivity index (χ0n) is 15.5. The molecule has 0 N–H and O–H groups in total. The van der Waals surface area contributed by atoms with E-state index in [9.17, 15) is 12.8 Å². The zero-order valence-corrected chi connectivity index (χ0v) is 17.9. The first-order valence-electron chi connectivity index (χ1n) is 8.95. The molecule has 8 heteroatoms. The minimum atomic E-state index is -3.09. The maximum atomic E-state index is 13.3. The van der Waals surface area contributed by atoms with Gasteiger partial charge >= 0.3 is 0 Å². The molecule has 2 atom stereocenters. The molecule has 0 spiro atoms. The first kappa shape index (κ1) is 19.7. The molecule has 4 rings (SSSR count). The van der Waals surface area contributed by atoms with Crippen LogP contribution in [-0.2, 0) is 15.6 Å². The van der Waals surface area contributed by atoms with Gasteiger partial charge < -0.3 is 4.90 Å². The lowest BCUT2D eigenvalue weighted by Crippen LogP contribution is -2.39. The number of hydrogen-bond acceptors (Lipinski definition) is 5. The Kier molecular flexibility index (Phi) is 5.18. The van der Waals surface area contributed by atoms with Crippen molar-refractivity contribution in [3.8, 4) is 0 Å². The highest BCUT2D eigenvalue weighted by Gasteiger charge is 2.47. The van der Waals surface area contributed by atoms with Gasteiger partial charge in [-0.05, 0) is 54.8 Å². The molecule has 2 aliphatic rings. The quantitative estimate of drug-likeness (QED) is 0.713. The number of aryl methyl sites for hydroxylation is 2. The normalized spacial score (nSPS) is 23.0. The highest BCUT2D eigenvalue weighted by Crippen LogP contribution is 2.37. The summed E-state index contributed by atoms with van der Waals surface area (Å²) in [5.74, 6) is 0.356.